The van der Waals surface area contributed by atoms with Crippen LogP contribution >= 0.6 is 11.8 Å². The largest absolute Gasteiger partial charge is 0.325 e. The molecule has 8 nitrogen and oxygen atoms in total. The first-order valence-electron chi connectivity index (χ1n) is 9.73. The average molecular weight is 446 g/mol. The van der Waals surface area contributed by atoms with Gasteiger partial charge in [0.2, 0.25) is 5.91 Å². The minimum Gasteiger partial charge on any atom is -0.325 e. The van der Waals surface area contributed by atoms with Gasteiger partial charge in [-0.25, -0.2) is 4.98 Å². The van der Waals surface area contributed by atoms with Gasteiger partial charge < -0.3 is 5.32 Å². The summed E-state index contributed by atoms with van der Waals surface area (Å²) in [6.07, 6.45) is 0. The van der Waals surface area contributed by atoms with Crippen LogP contribution in [-0.4, -0.2) is 25.6 Å². The van der Waals surface area contributed by atoms with Gasteiger partial charge in [0.05, 0.1) is 26.8 Å². The molecule has 1 heterocycles. The highest BCUT2D eigenvalue weighted by Gasteiger charge is 2.21. The van der Waals surface area contributed by atoms with Crippen molar-refractivity contribution in [3.05, 3.63) is 99.3 Å². The van der Waals surface area contributed by atoms with Crippen LogP contribution in [0.15, 0.2) is 88.8 Å². The van der Waals surface area contributed by atoms with Gasteiger partial charge in [-0.05, 0) is 37.3 Å². The Labute approximate surface area is 187 Å². The van der Waals surface area contributed by atoms with Crippen LogP contribution in [0.5, 0.6) is 0 Å². The van der Waals surface area contributed by atoms with Crippen LogP contribution in [0.1, 0.15) is 6.92 Å². The number of amides is 1. The number of anilines is 1. The van der Waals surface area contributed by atoms with E-state index in [9.17, 15) is 19.7 Å². The zero-order valence-electron chi connectivity index (χ0n) is 17.0. The molecular formula is C23H18N4O4S. The van der Waals surface area contributed by atoms with Crippen LogP contribution in [0.25, 0.3) is 16.6 Å². The Kier molecular flexibility index (Phi) is 6.00. The SMILES string of the molecule is CC(Sc1nc2ccccc2c(=O)n1-c1ccccc1)C(=O)Nc1cccc([N+](=O)[O-])c1. The fraction of sp³-hybridized carbons (Fsp3) is 0.0870. The van der Waals surface area contributed by atoms with E-state index < -0.39 is 10.2 Å². The fourth-order valence-electron chi connectivity index (χ4n) is 3.15. The summed E-state index contributed by atoms with van der Waals surface area (Å²) >= 11 is 1.14. The number of benzene rings is 3. The number of para-hydroxylation sites is 2. The zero-order chi connectivity index (χ0) is 22.7. The smallest absolute Gasteiger partial charge is 0.271 e. The standard InChI is InChI=1S/C23H18N4O4S/c1-15(21(28)24-16-8-7-11-18(14-16)27(30)31)32-23-25-20-13-6-5-12-19(20)22(29)26(23)17-9-3-2-4-10-17/h2-15H,1H3,(H,24,28). The lowest BCUT2D eigenvalue weighted by molar-refractivity contribution is -0.384. The van der Waals surface area contributed by atoms with Crippen molar-refractivity contribution in [3.63, 3.8) is 0 Å². The van der Waals surface area contributed by atoms with E-state index in [-0.39, 0.29) is 17.2 Å². The molecule has 160 valence electrons. The predicted molar refractivity (Wildman–Crippen MR) is 124 cm³/mol. The molecular weight excluding hydrogens is 428 g/mol. The summed E-state index contributed by atoms with van der Waals surface area (Å²) in [7, 11) is 0. The molecule has 1 aromatic heterocycles. The van der Waals surface area contributed by atoms with Gasteiger partial charge in [0, 0.05) is 17.8 Å². The minimum atomic E-state index is -0.628. The number of rotatable bonds is 6. The van der Waals surface area contributed by atoms with Crippen LogP contribution in [0.4, 0.5) is 11.4 Å². The highest BCUT2D eigenvalue weighted by atomic mass is 32.2. The minimum absolute atomic E-state index is 0.114. The second-order valence-corrected chi connectivity index (χ2v) is 8.25. The Bertz CT molecular complexity index is 1370. The molecule has 3 aromatic carbocycles. The summed E-state index contributed by atoms with van der Waals surface area (Å²) in [5, 5.41) is 13.9. The van der Waals surface area contributed by atoms with E-state index in [1.54, 1.807) is 49.4 Å². The van der Waals surface area contributed by atoms with Crippen molar-refractivity contribution in [2.45, 2.75) is 17.3 Å². The van der Waals surface area contributed by atoms with Crippen molar-refractivity contribution in [1.82, 2.24) is 9.55 Å². The third-order valence-electron chi connectivity index (χ3n) is 4.74. The summed E-state index contributed by atoms with van der Waals surface area (Å²) < 4.78 is 1.49. The maximum atomic E-state index is 13.2. The molecule has 4 aromatic rings. The number of fused-ring (bicyclic) bond motifs is 1. The Morgan fingerprint density at radius 1 is 1.06 bits per heavy atom. The molecule has 0 bridgehead atoms. The first-order valence-corrected chi connectivity index (χ1v) is 10.6. The van der Waals surface area contributed by atoms with E-state index in [0.717, 1.165) is 11.8 Å². The summed E-state index contributed by atoms with van der Waals surface area (Å²) in [6.45, 7) is 1.69. The third kappa shape index (κ3) is 4.37. The first kappa shape index (κ1) is 21.3. The highest BCUT2D eigenvalue weighted by molar-refractivity contribution is 8.00. The van der Waals surface area contributed by atoms with Crippen molar-refractivity contribution in [1.29, 1.82) is 0 Å². The van der Waals surface area contributed by atoms with Gasteiger partial charge in [0.15, 0.2) is 5.16 Å². The third-order valence-corrected chi connectivity index (χ3v) is 5.79. The number of hydrogen-bond donors (Lipinski definition) is 1. The quantitative estimate of drug-likeness (QED) is 0.203. The van der Waals surface area contributed by atoms with E-state index in [4.69, 9.17) is 0 Å². The van der Waals surface area contributed by atoms with E-state index in [0.29, 0.717) is 27.4 Å². The van der Waals surface area contributed by atoms with Crippen LogP contribution < -0.4 is 10.9 Å². The van der Waals surface area contributed by atoms with E-state index in [2.05, 4.69) is 10.3 Å². The molecule has 1 amide bonds. The van der Waals surface area contributed by atoms with E-state index in [1.165, 1.54) is 22.8 Å². The number of non-ortho nitro benzene ring substituents is 1. The van der Waals surface area contributed by atoms with Gasteiger partial charge >= 0.3 is 0 Å². The average Bonchev–Trinajstić information content (AvgIpc) is 2.80. The number of carbonyl (C=O) groups is 1. The summed E-state index contributed by atoms with van der Waals surface area (Å²) in [5.74, 6) is -0.363. The molecule has 0 aliphatic rings. The molecule has 32 heavy (non-hydrogen) atoms. The second kappa shape index (κ2) is 9.03. The normalized spacial score (nSPS) is 11.8. The number of carbonyl (C=O) groups excluding carboxylic acids is 1. The molecule has 0 saturated heterocycles. The number of hydrogen-bond acceptors (Lipinski definition) is 6. The number of nitro benzene ring substituents is 1. The topological polar surface area (TPSA) is 107 Å². The van der Waals surface area contributed by atoms with Crippen molar-refractivity contribution >= 4 is 39.9 Å². The molecule has 0 fully saturated rings. The van der Waals surface area contributed by atoms with Crippen molar-refractivity contribution in [2.24, 2.45) is 0 Å². The zero-order valence-corrected chi connectivity index (χ0v) is 17.8. The second-order valence-electron chi connectivity index (χ2n) is 6.94. The molecule has 1 unspecified atom stereocenters. The van der Waals surface area contributed by atoms with Crippen molar-refractivity contribution in [3.8, 4) is 5.69 Å². The molecule has 0 saturated carbocycles. The van der Waals surface area contributed by atoms with E-state index in [1.807, 2.05) is 18.2 Å². The van der Waals surface area contributed by atoms with E-state index >= 15 is 0 Å². The molecule has 1 atom stereocenters. The summed E-state index contributed by atoms with van der Waals surface area (Å²) in [6, 6.07) is 21.9. The fourth-order valence-corrected chi connectivity index (χ4v) is 4.08. The number of nitrogens with zero attached hydrogens (tertiary/aromatic N) is 3. The monoisotopic (exact) mass is 446 g/mol. The number of nitrogens with one attached hydrogen (secondary N) is 1. The number of nitro groups is 1. The lowest BCUT2D eigenvalue weighted by Gasteiger charge is -2.16. The molecule has 0 radical (unpaired) electrons. The molecule has 1 N–H and O–H groups in total. The number of thioether (sulfide) groups is 1. The van der Waals surface area contributed by atoms with Crippen molar-refractivity contribution < 1.29 is 9.72 Å². The van der Waals surface area contributed by atoms with Gasteiger partial charge in [-0.1, -0.05) is 48.2 Å². The van der Waals surface area contributed by atoms with Crippen LogP contribution in [0.2, 0.25) is 0 Å². The van der Waals surface area contributed by atoms with Gasteiger partial charge in [-0.2, -0.15) is 0 Å². The lowest BCUT2D eigenvalue weighted by Crippen LogP contribution is -2.26. The Balaban J connectivity index is 1.67. The summed E-state index contributed by atoms with van der Waals surface area (Å²) in [4.78, 5) is 41.1. The van der Waals surface area contributed by atoms with Gasteiger partial charge in [-0.3, -0.25) is 24.3 Å². The molecule has 9 heteroatoms. The molecule has 0 aliphatic heterocycles. The first-order chi connectivity index (χ1) is 15.4. The molecule has 0 spiro atoms. The lowest BCUT2D eigenvalue weighted by atomic mass is 10.2. The van der Waals surface area contributed by atoms with Gasteiger partial charge in [0.25, 0.3) is 11.2 Å². The maximum absolute atomic E-state index is 13.2. The van der Waals surface area contributed by atoms with Crippen LogP contribution in [0, 0.1) is 10.1 Å². The Morgan fingerprint density at radius 2 is 1.78 bits per heavy atom. The Morgan fingerprint density at radius 3 is 2.53 bits per heavy atom. The Hall–Kier alpha value is -3.98. The van der Waals surface area contributed by atoms with Crippen LogP contribution in [-0.2, 0) is 4.79 Å². The van der Waals surface area contributed by atoms with Gasteiger partial charge in [-0.15, -0.1) is 0 Å². The molecule has 0 aliphatic carbocycles. The van der Waals surface area contributed by atoms with Crippen molar-refractivity contribution in [2.75, 3.05) is 5.32 Å². The summed E-state index contributed by atoms with van der Waals surface area (Å²) in [5.41, 5.74) is 1.17. The predicted octanol–water partition coefficient (Wildman–Crippen LogP) is 4.41. The highest BCUT2D eigenvalue weighted by Crippen LogP contribution is 2.26. The van der Waals surface area contributed by atoms with Gasteiger partial charge in [0.1, 0.15) is 0 Å². The van der Waals surface area contributed by atoms with Crippen LogP contribution in [0.3, 0.4) is 0 Å². The maximum Gasteiger partial charge on any atom is 0.271 e. The number of aromatic nitrogens is 2. The molecule has 4 rings (SSSR count).